The van der Waals surface area contributed by atoms with Gasteiger partial charge >= 0.3 is 0 Å². The molecule has 3 rings (SSSR count). The van der Waals surface area contributed by atoms with Gasteiger partial charge in [0.15, 0.2) is 0 Å². The Morgan fingerprint density at radius 3 is 2.40 bits per heavy atom. The van der Waals surface area contributed by atoms with Gasteiger partial charge in [0.05, 0.1) is 12.3 Å². The number of hydrogen-bond donors (Lipinski definition) is 2. The maximum absolute atomic E-state index is 13.9. The van der Waals surface area contributed by atoms with Crippen molar-refractivity contribution in [1.82, 2.24) is 5.32 Å². The Balaban J connectivity index is 2.10. The van der Waals surface area contributed by atoms with Crippen LogP contribution in [0.2, 0.25) is 0 Å². The number of amides is 2. The lowest BCUT2D eigenvalue weighted by Crippen LogP contribution is -2.45. The molecule has 6 nitrogen and oxygen atoms in total. The summed E-state index contributed by atoms with van der Waals surface area (Å²) in [5.74, 6) is 1.43. The molecule has 214 valence electrons. The molecule has 0 radical (unpaired) electrons. The number of nitrogens with zero attached hydrogens (tertiary/aromatic N) is 1. The first-order chi connectivity index (χ1) is 19.4. The highest BCUT2D eigenvalue weighted by molar-refractivity contribution is 7.98. The number of aryl methyl sites for hydroxylation is 1. The van der Waals surface area contributed by atoms with Crippen molar-refractivity contribution in [2.24, 2.45) is 0 Å². The Bertz CT molecular complexity index is 1270. The van der Waals surface area contributed by atoms with Crippen molar-refractivity contribution in [3.05, 3.63) is 89.2 Å². The van der Waals surface area contributed by atoms with Gasteiger partial charge in [-0.15, -0.1) is 0 Å². The predicted octanol–water partition coefficient (Wildman–Crippen LogP) is 6.51. The maximum Gasteiger partial charge on any atom is 0.247 e. The molecule has 0 aromatic heterocycles. The van der Waals surface area contributed by atoms with E-state index in [1.807, 2.05) is 31.6 Å². The van der Waals surface area contributed by atoms with Gasteiger partial charge in [0, 0.05) is 30.3 Å². The Kier molecular flexibility index (Phi) is 12.8. The second-order valence-electron chi connectivity index (χ2n) is 9.32. The van der Waals surface area contributed by atoms with Crippen LogP contribution in [0, 0.1) is 12.7 Å². The molecule has 0 aliphatic heterocycles. The van der Waals surface area contributed by atoms with Gasteiger partial charge in [-0.1, -0.05) is 30.3 Å². The Morgan fingerprint density at radius 1 is 0.975 bits per heavy atom. The SMILES string of the molecule is CSCCCCC(=O)N(c1cc(C)ccc1CO)C(C(=O)NCCSC)c1cccc(Oc2cccc(F)c2)c1. The third-order valence-electron chi connectivity index (χ3n) is 6.25. The number of anilines is 1. The lowest BCUT2D eigenvalue weighted by Gasteiger charge is -2.33. The van der Waals surface area contributed by atoms with Gasteiger partial charge in [-0.05, 0) is 79.5 Å². The van der Waals surface area contributed by atoms with E-state index in [4.69, 9.17) is 4.74 Å². The van der Waals surface area contributed by atoms with Crippen molar-refractivity contribution in [3.63, 3.8) is 0 Å². The van der Waals surface area contributed by atoms with Gasteiger partial charge in [-0.3, -0.25) is 14.5 Å². The zero-order valence-electron chi connectivity index (χ0n) is 23.2. The van der Waals surface area contributed by atoms with Crippen molar-refractivity contribution >= 4 is 41.0 Å². The first kappa shape index (κ1) is 31.5. The van der Waals surface area contributed by atoms with Gasteiger partial charge in [0.2, 0.25) is 11.8 Å². The molecule has 3 aromatic carbocycles. The lowest BCUT2D eigenvalue weighted by atomic mass is 9.99. The first-order valence-corrected chi connectivity index (χ1v) is 16.0. The number of halogens is 1. The highest BCUT2D eigenvalue weighted by Gasteiger charge is 2.34. The maximum atomic E-state index is 13.9. The molecule has 1 unspecified atom stereocenters. The summed E-state index contributed by atoms with van der Waals surface area (Å²) in [7, 11) is 0. The summed E-state index contributed by atoms with van der Waals surface area (Å²) >= 11 is 3.34. The average molecular weight is 585 g/mol. The van der Waals surface area contributed by atoms with E-state index in [-0.39, 0.29) is 24.8 Å². The fourth-order valence-corrected chi connectivity index (χ4v) is 5.10. The molecule has 1 atom stereocenters. The molecule has 2 amide bonds. The molecule has 0 aliphatic carbocycles. The number of hydrogen-bond acceptors (Lipinski definition) is 6. The number of nitrogens with one attached hydrogen (secondary N) is 1. The molecular weight excluding hydrogens is 547 g/mol. The highest BCUT2D eigenvalue weighted by Crippen LogP contribution is 2.35. The van der Waals surface area contributed by atoms with Crippen LogP contribution in [-0.4, -0.2) is 47.5 Å². The summed E-state index contributed by atoms with van der Waals surface area (Å²) in [6, 6.07) is 17.2. The molecule has 9 heteroatoms. The fourth-order valence-electron chi connectivity index (χ4n) is 4.30. The van der Waals surface area contributed by atoms with E-state index >= 15 is 0 Å². The van der Waals surface area contributed by atoms with E-state index in [1.165, 1.54) is 17.0 Å². The van der Waals surface area contributed by atoms with Crippen molar-refractivity contribution in [2.45, 2.75) is 38.8 Å². The predicted molar refractivity (Wildman–Crippen MR) is 164 cm³/mol. The van der Waals surface area contributed by atoms with Crippen molar-refractivity contribution in [2.75, 3.05) is 35.5 Å². The number of aliphatic hydroxyl groups excluding tert-OH is 1. The van der Waals surface area contributed by atoms with Crippen LogP contribution in [0.1, 0.15) is 42.0 Å². The van der Waals surface area contributed by atoms with Gasteiger partial charge < -0.3 is 15.2 Å². The van der Waals surface area contributed by atoms with E-state index in [0.29, 0.717) is 41.3 Å². The molecule has 0 spiro atoms. The van der Waals surface area contributed by atoms with E-state index < -0.39 is 11.9 Å². The first-order valence-electron chi connectivity index (χ1n) is 13.2. The Labute approximate surface area is 244 Å². The number of carbonyl (C=O) groups excluding carboxylic acids is 2. The van der Waals surface area contributed by atoms with Crippen molar-refractivity contribution < 1.29 is 23.8 Å². The minimum atomic E-state index is -1.02. The summed E-state index contributed by atoms with van der Waals surface area (Å²) in [6.07, 6.45) is 5.81. The molecule has 40 heavy (non-hydrogen) atoms. The summed E-state index contributed by atoms with van der Waals surface area (Å²) in [5.41, 5.74) is 2.49. The summed E-state index contributed by atoms with van der Waals surface area (Å²) in [5, 5.41) is 13.2. The number of aliphatic hydroxyl groups is 1. The quantitative estimate of drug-likeness (QED) is 0.199. The van der Waals surface area contributed by atoms with Gasteiger partial charge in [0.25, 0.3) is 0 Å². The fraction of sp³-hybridized carbons (Fsp3) is 0.355. The molecule has 0 bridgehead atoms. The molecular formula is C31H37FN2O4S2. The van der Waals surface area contributed by atoms with E-state index in [2.05, 4.69) is 5.32 Å². The molecule has 0 fully saturated rings. The van der Waals surface area contributed by atoms with Crippen molar-refractivity contribution in [3.8, 4) is 11.5 Å². The normalized spacial score (nSPS) is 11.6. The molecule has 3 aromatic rings. The zero-order valence-corrected chi connectivity index (χ0v) is 24.8. The smallest absolute Gasteiger partial charge is 0.247 e. The molecule has 0 heterocycles. The van der Waals surface area contributed by atoms with E-state index in [1.54, 1.807) is 66.0 Å². The highest BCUT2D eigenvalue weighted by atomic mass is 32.2. The third kappa shape index (κ3) is 9.01. The van der Waals surface area contributed by atoms with Crippen LogP contribution in [-0.2, 0) is 16.2 Å². The van der Waals surface area contributed by atoms with Gasteiger partial charge in [-0.25, -0.2) is 4.39 Å². The van der Waals surface area contributed by atoms with Crippen LogP contribution in [0.5, 0.6) is 11.5 Å². The Hall–Kier alpha value is -3.01. The van der Waals surface area contributed by atoms with Crippen molar-refractivity contribution in [1.29, 1.82) is 0 Å². The van der Waals surface area contributed by atoms with Gasteiger partial charge in [-0.2, -0.15) is 23.5 Å². The second kappa shape index (κ2) is 16.3. The zero-order chi connectivity index (χ0) is 28.9. The number of ether oxygens (including phenoxy) is 1. The third-order valence-corrected chi connectivity index (χ3v) is 7.56. The monoisotopic (exact) mass is 584 g/mol. The van der Waals surface area contributed by atoms with E-state index in [0.717, 1.165) is 23.5 Å². The van der Waals surface area contributed by atoms with Crippen LogP contribution in [0.15, 0.2) is 66.7 Å². The topological polar surface area (TPSA) is 78.9 Å². The lowest BCUT2D eigenvalue weighted by molar-refractivity contribution is -0.126. The summed E-state index contributed by atoms with van der Waals surface area (Å²) in [6.45, 7) is 2.06. The minimum absolute atomic E-state index is 0.206. The summed E-state index contributed by atoms with van der Waals surface area (Å²) in [4.78, 5) is 29.3. The number of unbranched alkanes of at least 4 members (excludes halogenated alkanes) is 1. The number of benzene rings is 3. The minimum Gasteiger partial charge on any atom is -0.457 e. The largest absolute Gasteiger partial charge is 0.457 e. The number of carbonyl (C=O) groups is 2. The molecule has 0 aliphatic rings. The van der Waals surface area contributed by atoms with Crippen LogP contribution >= 0.6 is 23.5 Å². The second-order valence-corrected chi connectivity index (χ2v) is 11.3. The van der Waals surface area contributed by atoms with Crippen LogP contribution in [0.25, 0.3) is 0 Å². The average Bonchev–Trinajstić information content (AvgIpc) is 2.94. The van der Waals surface area contributed by atoms with Crippen LogP contribution in [0.4, 0.5) is 10.1 Å². The van der Waals surface area contributed by atoms with Gasteiger partial charge in [0.1, 0.15) is 23.4 Å². The van der Waals surface area contributed by atoms with Crippen LogP contribution in [0.3, 0.4) is 0 Å². The molecule has 2 N–H and O–H groups in total. The standard InChI is InChI=1S/C31H37FN2O4S2/c1-22-13-14-24(21-35)28(18-22)34(29(36)12-4-5-16-39-2)30(31(37)33-15-17-40-3)23-8-6-10-26(19-23)38-27-11-7-9-25(32)20-27/h6-11,13-14,18-20,30,35H,4-5,12,15-17,21H2,1-3H3,(H,33,37). The molecule has 0 saturated heterocycles. The summed E-state index contributed by atoms with van der Waals surface area (Å²) < 4.78 is 19.7. The van der Waals surface area contributed by atoms with Crippen LogP contribution < -0.4 is 15.0 Å². The van der Waals surface area contributed by atoms with E-state index in [9.17, 15) is 19.1 Å². The molecule has 0 saturated carbocycles. The Morgan fingerprint density at radius 2 is 1.70 bits per heavy atom. The number of rotatable bonds is 15. The number of thioether (sulfide) groups is 2.